The van der Waals surface area contributed by atoms with E-state index in [1.54, 1.807) is 30.3 Å². The summed E-state index contributed by atoms with van der Waals surface area (Å²) in [5, 5.41) is 1.37. The molecule has 24 heavy (non-hydrogen) atoms. The fourth-order valence-corrected chi connectivity index (χ4v) is 3.06. The van der Waals surface area contributed by atoms with Crippen LogP contribution in [-0.2, 0) is 9.53 Å². The summed E-state index contributed by atoms with van der Waals surface area (Å²) in [6.45, 7) is 0.427. The average Bonchev–Trinajstić information content (AvgIpc) is 3.00. The summed E-state index contributed by atoms with van der Waals surface area (Å²) in [6.07, 6.45) is 3.03. The van der Waals surface area contributed by atoms with Gasteiger partial charge in [-0.05, 0) is 36.4 Å². The van der Waals surface area contributed by atoms with Crippen molar-refractivity contribution in [2.24, 2.45) is 0 Å². The summed E-state index contributed by atoms with van der Waals surface area (Å²) >= 11 is 7.38. The highest BCUT2D eigenvalue weighted by molar-refractivity contribution is 7.19. The highest BCUT2D eigenvalue weighted by Crippen LogP contribution is 2.22. The minimum atomic E-state index is -0.427. The van der Waals surface area contributed by atoms with Crippen LogP contribution in [0.4, 0.5) is 0 Å². The fourth-order valence-electron chi connectivity index (χ4n) is 2.01. The van der Waals surface area contributed by atoms with E-state index in [4.69, 9.17) is 21.1 Å². The Bertz CT molecular complexity index is 842. The van der Waals surface area contributed by atoms with Crippen LogP contribution < -0.4 is 4.74 Å². The van der Waals surface area contributed by atoms with Gasteiger partial charge >= 0.3 is 5.97 Å². The number of hydrogen-bond donors (Lipinski definition) is 0. The van der Waals surface area contributed by atoms with Gasteiger partial charge in [-0.15, -0.1) is 11.3 Å². The van der Waals surface area contributed by atoms with Gasteiger partial charge in [-0.25, -0.2) is 9.78 Å². The number of halogens is 1. The molecule has 3 rings (SSSR count). The zero-order valence-corrected chi connectivity index (χ0v) is 14.2. The van der Waals surface area contributed by atoms with Gasteiger partial charge in [0.05, 0.1) is 10.2 Å². The molecule has 0 saturated carbocycles. The molecule has 0 saturated heterocycles. The van der Waals surface area contributed by atoms with Crippen molar-refractivity contribution in [3.8, 4) is 5.75 Å². The zero-order chi connectivity index (χ0) is 16.8. The van der Waals surface area contributed by atoms with E-state index in [9.17, 15) is 4.79 Å². The van der Waals surface area contributed by atoms with Crippen molar-refractivity contribution in [1.82, 2.24) is 4.98 Å². The minimum Gasteiger partial charge on any atom is -0.490 e. The second-order valence-corrected chi connectivity index (χ2v) is 6.33. The third kappa shape index (κ3) is 4.57. The number of aromatic nitrogens is 1. The van der Waals surface area contributed by atoms with Crippen LogP contribution in [0.1, 0.15) is 5.01 Å². The lowest BCUT2D eigenvalue weighted by atomic mass is 10.3. The summed E-state index contributed by atoms with van der Waals surface area (Å²) in [4.78, 5) is 16.1. The molecule has 3 aromatic rings. The molecule has 1 heterocycles. The Balaban J connectivity index is 1.45. The Morgan fingerprint density at radius 1 is 1.17 bits per heavy atom. The first-order valence-electron chi connectivity index (χ1n) is 7.29. The van der Waals surface area contributed by atoms with E-state index in [2.05, 4.69) is 4.98 Å². The van der Waals surface area contributed by atoms with Crippen molar-refractivity contribution >= 4 is 45.2 Å². The van der Waals surface area contributed by atoms with Crippen molar-refractivity contribution in [3.63, 3.8) is 0 Å². The van der Waals surface area contributed by atoms with E-state index in [-0.39, 0.29) is 13.2 Å². The first-order valence-corrected chi connectivity index (χ1v) is 8.49. The summed E-state index contributed by atoms with van der Waals surface area (Å²) in [5.41, 5.74) is 0.922. The first-order chi connectivity index (χ1) is 11.7. The Hall–Kier alpha value is -2.37. The molecule has 0 aliphatic carbocycles. The van der Waals surface area contributed by atoms with Crippen molar-refractivity contribution in [1.29, 1.82) is 0 Å². The SMILES string of the molecule is O=C(/C=C/c1nc2ccccc2s1)OCCOc1cccc(Cl)c1. The molecule has 6 heteroatoms. The van der Waals surface area contributed by atoms with Gasteiger partial charge in [0.25, 0.3) is 0 Å². The first kappa shape index (κ1) is 16.5. The predicted octanol–water partition coefficient (Wildman–Crippen LogP) is 4.59. The number of nitrogens with zero attached hydrogens (tertiary/aromatic N) is 1. The van der Waals surface area contributed by atoms with Crippen LogP contribution >= 0.6 is 22.9 Å². The van der Waals surface area contributed by atoms with Crippen LogP contribution in [0, 0.1) is 0 Å². The quantitative estimate of drug-likeness (QED) is 0.367. The molecule has 0 fully saturated rings. The third-order valence-electron chi connectivity index (χ3n) is 3.06. The van der Waals surface area contributed by atoms with Gasteiger partial charge in [0.2, 0.25) is 0 Å². The Morgan fingerprint density at radius 2 is 2.04 bits per heavy atom. The number of fused-ring (bicyclic) bond motifs is 1. The van der Waals surface area contributed by atoms with Crippen molar-refractivity contribution in [2.75, 3.05) is 13.2 Å². The van der Waals surface area contributed by atoms with Crippen LogP contribution in [0.3, 0.4) is 0 Å². The number of carbonyl (C=O) groups is 1. The van der Waals surface area contributed by atoms with Gasteiger partial charge in [0, 0.05) is 11.1 Å². The van der Waals surface area contributed by atoms with Crippen LogP contribution in [0.2, 0.25) is 5.02 Å². The fraction of sp³-hybridized carbons (Fsp3) is 0.111. The molecule has 4 nitrogen and oxygen atoms in total. The number of esters is 1. The number of para-hydroxylation sites is 1. The van der Waals surface area contributed by atoms with Crippen molar-refractivity contribution in [2.45, 2.75) is 0 Å². The molecule has 0 bridgehead atoms. The highest BCUT2D eigenvalue weighted by atomic mass is 35.5. The van der Waals surface area contributed by atoms with Gasteiger partial charge in [-0.3, -0.25) is 0 Å². The summed E-state index contributed by atoms with van der Waals surface area (Å²) in [5.74, 6) is 0.215. The molecule has 0 amide bonds. The van der Waals surface area contributed by atoms with Crippen LogP contribution in [-0.4, -0.2) is 24.2 Å². The lowest BCUT2D eigenvalue weighted by Gasteiger charge is -2.06. The molecule has 0 N–H and O–H groups in total. The second-order valence-electron chi connectivity index (χ2n) is 4.83. The van der Waals surface area contributed by atoms with Gasteiger partial charge < -0.3 is 9.47 Å². The smallest absolute Gasteiger partial charge is 0.330 e. The van der Waals surface area contributed by atoms with E-state index in [0.717, 1.165) is 15.2 Å². The number of thiazole rings is 1. The molecule has 1 aromatic heterocycles. The van der Waals surface area contributed by atoms with E-state index in [0.29, 0.717) is 10.8 Å². The van der Waals surface area contributed by atoms with Gasteiger partial charge in [-0.2, -0.15) is 0 Å². The lowest BCUT2D eigenvalue weighted by molar-refractivity contribution is -0.138. The number of rotatable bonds is 6. The molecule has 0 unspecified atom stereocenters. The molecule has 2 aromatic carbocycles. The largest absolute Gasteiger partial charge is 0.490 e. The average molecular weight is 360 g/mol. The molecule has 0 aliphatic heterocycles. The lowest BCUT2D eigenvalue weighted by Crippen LogP contribution is -2.10. The van der Waals surface area contributed by atoms with Gasteiger partial charge in [0.15, 0.2) is 0 Å². The maximum atomic E-state index is 11.7. The topological polar surface area (TPSA) is 48.4 Å². The van der Waals surface area contributed by atoms with Crippen molar-refractivity contribution in [3.05, 3.63) is 64.6 Å². The maximum absolute atomic E-state index is 11.7. The van der Waals surface area contributed by atoms with Crippen LogP contribution in [0.15, 0.2) is 54.6 Å². The molecular weight excluding hydrogens is 346 g/mol. The normalized spacial score (nSPS) is 11.0. The van der Waals surface area contributed by atoms with E-state index in [1.807, 2.05) is 24.3 Å². The standard InChI is InChI=1S/C18H14ClNO3S/c19-13-4-3-5-14(12-13)22-10-11-23-18(21)9-8-17-20-15-6-1-2-7-16(15)24-17/h1-9,12H,10-11H2/b9-8+. The minimum absolute atomic E-state index is 0.162. The van der Waals surface area contributed by atoms with E-state index >= 15 is 0 Å². The molecule has 0 radical (unpaired) electrons. The number of ether oxygens (including phenoxy) is 2. The molecule has 0 aliphatic rings. The second kappa shape index (κ2) is 7.95. The van der Waals surface area contributed by atoms with E-state index in [1.165, 1.54) is 17.4 Å². The predicted molar refractivity (Wildman–Crippen MR) is 96.6 cm³/mol. The number of carbonyl (C=O) groups excluding carboxylic acids is 1. The summed E-state index contributed by atoms with van der Waals surface area (Å²) in [7, 11) is 0. The monoisotopic (exact) mass is 359 g/mol. The maximum Gasteiger partial charge on any atom is 0.330 e. The van der Waals surface area contributed by atoms with Gasteiger partial charge in [0.1, 0.15) is 24.0 Å². The van der Waals surface area contributed by atoms with E-state index < -0.39 is 5.97 Å². The summed E-state index contributed by atoms with van der Waals surface area (Å²) < 4.78 is 11.6. The molecule has 122 valence electrons. The Labute approximate surface area is 148 Å². The molecular formula is C18H14ClNO3S. The molecule has 0 spiro atoms. The third-order valence-corrected chi connectivity index (χ3v) is 4.30. The number of benzene rings is 2. The Kier molecular flexibility index (Phi) is 5.46. The van der Waals surface area contributed by atoms with Crippen molar-refractivity contribution < 1.29 is 14.3 Å². The summed E-state index contributed by atoms with van der Waals surface area (Å²) in [6, 6.07) is 14.9. The number of hydrogen-bond acceptors (Lipinski definition) is 5. The zero-order valence-electron chi connectivity index (χ0n) is 12.6. The van der Waals surface area contributed by atoms with Crippen LogP contribution in [0.25, 0.3) is 16.3 Å². The highest BCUT2D eigenvalue weighted by Gasteiger charge is 2.02. The molecule has 0 atom stereocenters. The Morgan fingerprint density at radius 3 is 2.88 bits per heavy atom. The van der Waals surface area contributed by atoms with Gasteiger partial charge in [-0.1, -0.05) is 29.8 Å². The van der Waals surface area contributed by atoms with Crippen LogP contribution in [0.5, 0.6) is 5.75 Å².